The molecule has 0 amide bonds. The van der Waals surface area contributed by atoms with Crippen molar-refractivity contribution in [2.75, 3.05) is 0 Å². The Morgan fingerprint density at radius 3 is 2.31 bits per heavy atom. The van der Waals surface area contributed by atoms with Crippen LogP contribution >= 0.6 is 0 Å². The molecule has 1 aromatic carbocycles. The highest BCUT2D eigenvalue weighted by molar-refractivity contribution is 5.85. The maximum absolute atomic E-state index is 9.51. The summed E-state index contributed by atoms with van der Waals surface area (Å²) in [6.45, 7) is 0. The van der Waals surface area contributed by atoms with Gasteiger partial charge in [0, 0.05) is 0 Å². The zero-order valence-electron chi connectivity index (χ0n) is 9.37. The molecule has 0 spiro atoms. The number of hydrogen-bond donors (Lipinski definition) is 0. The van der Waals surface area contributed by atoms with Gasteiger partial charge in [0.1, 0.15) is 0 Å². The molecule has 1 heteroatoms. The van der Waals surface area contributed by atoms with E-state index in [1.54, 1.807) is 0 Å². The molecule has 0 atom stereocenters. The maximum atomic E-state index is 9.51. The first-order valence-electron chi connectivity index (χ1n) is 6.08. The van der Waals surface area contributed by atoms with Gasteiger partial charge in [-0.2, -0.15) is 5.26 Å². The first-order valence-corrected chi connectivity index (χ1v) is 6.08. The number of nitriles is 1. The van der Waals surface area contributed by atoms with Gasteiger partial charge in [-0.25, -0.2) is 0 Å². The Morgan fingerprint density at radius 1 is 1.00 bits per heavy atom. The average Bonchev–Trinajstić information content (AvgIpc) is 2.32. The molecule has 0 N–H and O–H groups in total. The highest BCUT2D eigenvalue weighted by Gasteiger charge is 2.34. The van der Waals surface area contributed by atoms with Crippen LogP contribution in [0.25, 0.3) is 12.2 Å². The van der Waals surface area contributed by atoms with Crippen LogP contribution in [0, 0.1) is 11.3 Å². The van der Waals surface area contributed by atoms with Gasteiger partial charge in [0.2, 0.25) is 0 Å². The largest absolute Gasteiger partial charge is 0.197 e. The van der Waals surface area contributed by atoms with E-state index in [0.717, 1.165) is 12.8 Å². The van der Waals surface area contributed by atoms with Crippen LogP contribution in [-0.2, 0) is 5.41 Å². The number of rotatable bonds is 1. The van der Waals surface area contributed by atoms with Gasteiger partial charge in [-0.3, -0.25) is 0 Å². The molecule has 0 aliphatic heterocycles. The summed E-state index contributed by atoms with van der Waals surface area (Å²) in [6.07, 6.45) is 10.00. The van der Waals surface area contributed by atoms with Crippen LogP contribution in [0.1, 0.15) is 48.8 Å². The third kappa shape index (κ3) is 1.30. The van der Waals surface area contributed by atoms with E-state index in [0.29, 0.717) is 0 Å². The van der Waals surface area contributed by atoms with Crippen molar-refractivity contribution >= 4 is 12.2 Å². The Hall–Kier alpha value is -1.55. The van der Waals surface area contributed by atoms with Crippen molar-refractivity contribution in [3.8, 4) is 6.07 Å². The van der Waals surface area contributed by atoms with E-state index in [1.807, 2.05) is 0 Å². The van der Waals surface area contributed by atoms with Gasteiger partial charge >= 0.3 is 0 Å². The van der Waals surface area contributed by atoms with Crippen molar-refractivity contribution in [2.24, 2.45) is 0 Å². The Labute approximate surface area is 96.4 Å². The maximum Gasteiger partial charge on any atom is 0.0822 e. The van der Waals surface area contributed by atoms with Crippen molar-refractivity contribution in [1.29, 1.82) is 5.26 Å². The minimum absolute atomic E-state index is 0.198. The fourth-order valence-electron chi connectivity index (χ4n) is 2.87. The van der Waals surface area contributed by atoms with Crippen LogP contribution in [0.4, 0.5) is 0 Å². The minimum atomic E-state index is -0.198. The van der Waals surface area contributed by atoms with Crippen molar-refractivity contribution < 1.29 is 0 Å². The van der Waals surface area contributed by atoms with Crippen LogP contribution in [0.2, 0.25) is 0 Å². The van der Waals surface area contributed by atoms with Gasteiger partial charge in [-0.05, 0) is 35.6 Å². The summed E-state index contributed by atoms with van der Waals surface area (Å²) in [4.78, 5) is 0. The van der Waals surface area contributed by atoms with Crippen molar-refractivity contribution in [3.05, 3.63) is 34.9 Å². The third-order valence-electron chi connectivity index (χ3n) is 4.00. The Morgan fingerprint density at radius 2 is 1.75 bits per heavy atom. The second kappa shape index (κ2) is 3.49. The molecule has 0 heterocycles. The molecule has 0 bridgehead atoms. The fraction of sp³-hybridized carbons (Fsp3) is 0.400. The lowest BCUT2D eigenvalue weighted by Gasteiger charge is -2.32. The van der Waals surface area contributed by atoms with Crippen LogP contribution in [-0.4, -0.2) is 0 Å². The molecule has 0 radical (unpaired) electrons. The molecule has 3 rings (SSSR count). The summed E-state index contributed by atoms with van der Waals surface area (Å²) >= 11 is 0. The number of fused-ring (bicyclic) bond motifs is 1. The molecular formula is C15H15N. The van der Waals surface area contributed by atoms with Gasteiger partial charge in [-0.1, -0.05) is 43.5 Å². The first-order chi connectivity index (χ1) is 7.84. The summed E-state index contributed by atoms with van der Waals surface area (Å²) in [6, 6.07) is 9.09. The topological polar surface area (TPSA) is 23.8 Å². The summed E-state index contributed by atoms with van der Waals surface area (Å²) in [5, 5.41) is 9.51. The fourth-order valence-corrected chi connectivity index (χ4v) is 2.87. The van der Waals surface area contributed by atoms with Crippen molar-refractivity contribution in [1.82, 2.24) is 0 Å². The highest BCUT2D eigenvalue weighted by Crippen LogP contribution is 2.40. The SMILES string of the molecule is N#CC1(c2ccc3c(c2)C=C3)CCCCC1. The smallest absolute Gasteiger partial charge is 0.0822 e. The van der Waals surface area contributed by atoms with Crippen molar-refractivity contribution in [3.63, 3.8) is 0 Å². The molecule has 0 unspecified atom stereocenters. The van der Waals surface area contributed by atoms with E-state index in [9.17, 15) is 5.26 Å². The van der Waals surface area contributed by atoms with Gasteiger partial charge in [-0.15, -0.1) is 0 Å². The zero-order valence-corrected chi connectivity index (χ0v) is 9.37. The first kappa shape index (κ1) is 9.66. The predicted octanol–water partition coefficient (Wildman–Crippen LogP) is 3.90. The summed E-state index contributed by atoms with van der Waals surface area (Å²) in [5.74, 6) is 0. The van der Waals surface area contributed by atoms with Crippen LogP contribution in [0.3, 0.4) is 0 Å². The van der Waals surface area contributed by atoms with E-state index in [1.165, 1.54) is 36.0 Å². The summed E-state index contributed by atoms with van der Waals surface area (Å²) < 4.78 is 0. The second-order valence-corrected chi connectivity index (χ2v) is 4.93. The predicted molar refractivity (Wildman–Crippen MR) is 65.7 cm³/mol. The monoisotopic (exact) mass is 209 g/mol. The van der Waals surface area contributed by atoms with E-state index < -0.39 is 0 Å². The molecule has 1 aromatic rings. The zero-order chi connectivity index (χ0) is 11.0. The molecule has 1 nitrogen and oxygen atoms in total. The van der Waals surface area contributed by atoms with Gasteiger partial charge in [0.25, 0.3) is 0 Å². The van der Waals surface area contributed by atoms with Gasteiger partial charge in [0.05, 0.1) is 11.5 Å². The quantitative estimate of drug-likeness (QED) is 0.698. The van der Waals surface area contributed by atoms with Crippen molar-refractivity contribution in [2.45, 2.75) is 37.5 Å². The molecular weight excluding hydrogens is 194 g/mol. The number of nitrogens with zero attached hydrogens (tertiary/aromatic N) is 1. The Balaban J connectivity index is 2.01. The van der Waals surface area contributed by atoms with Gasteiger partial charge in [0.15, 0.2) is 0 Å². The molecule has 16 heavy (non-hydrogen) atoms. The molecule has 2 aliphatic rings. The highest BCUT2D eigenvalue weighted by atomic mass is 14.4. The van der Waals surface area contributed by atoms with Crippen LogP contribution in [0.5, 0.6) is 0 Å². The number of benzene rings is 1. The van der Waals surface area contributed by atoms with E-state index >= 15 is 0 Å². The minimum Gasteiger partial charge on any atom is -0.197 e. The van der Waals surface area contributed by atoms with E-state index in [4.69, 9.17) is 0 Å². The Kier molecular flexibility index (Phi) is 2.11. The lowest BCUT2D eigenvalue weighted by Crippen LogP contribution is -2.27. The second-order valence-electron chi connectivity index (χ2n) is 4.93. The van der Waals surface area contributed by atoms with Gasteiger partial charge < -0.3 is 0 Å². The molecule has 0 aromatic heterocycles. The van der Waals surface area contributed by atoms with E-state index in [-0.39, 0.29) is 5.41 Å². The van der Waals surface area contributed by atoms with Crippen LogP contribution in [0.15, 0.2) is 18.2 Å². The standard InChI is InChI=1S/C15H15N/c16-11-15(8-2-1-3-9-15)14-7-6-12-4-5-13(12)10-14/h4-7,10H,1-3,8-9H2. The third-order valence-corrected chi connectivity index (χ3v) is 4.00. The normalized spacial score (nSPS) is 20.7. The number of hydrogen-bond acceptors (Lipinski definition) is 1. The molecule has 0 saturated heterocycles. The van der Waals surface area contributed by atoms with E-state index in [2.05, 4.69) is 36.4 Å². The lowest BCUT2D eigenvalue weighted by molar-refractivity contribution is 0.366. The average molecular weight is 209 g/mol. The van der Waals surface area contributed by atoms with Crippen LogP contribution < -0.4 is 0 Å². The lowest BCUT2D eigenvalue weighted by atomic mass is 9.70. The summed E-state index contributed by atoms with van der Waals surface area (Å²) in [7, 11) is 0. The molecule has 1 saturated carbocycles. The molecule has 80 valence electrons. The molecule has 1 fully saturated rings. The Bertz CT molecular complexity index is 485. The summed E-state index contributed by atoms with van der Waals surface area (Å²) in [5.41, 5.74) is 3.65. The molecule has 2 aliphatic carbocycles.